The average Bonchev–Trinajstić information content (AvgIpc) is 2.59. The molecular formula is C20H24O3. The first-order chi connectivity index (χ1) is 11.1. The Morgan fingerprint density at radius 3 is 2.13 bits per heavy atom. The molecule has 0 bridgehead atoms. The van der Waals surface area contributed by atoms with Crippen molar-refractivity contribution in [1.29, 1.82) is 0 Å². The molecule has 0 saturated carbocycles. The molecule has 0 amide bonds. The minimum atomic E-state index is -0.486. The molecule has 1 atom stereocenters. The van der Waals surface area contributed by atoms with Crippen molar-refractivity contribution in [2.75, 3.05) is 7.11 Å². The van der Waals surface area contributed by atoms with E-state index in [1.165, 1.54) is 18.2 Å². The average molecular weight is 312 g/mol. The highest BCUT2D eigenvalue weighted by Gasteiger charge is 2.08. The molecule has 0 saturated heterocycles. The number of hydrogen-bond donors (Lipinski definition) is 1. The maximum Gasteiger partial charge on any atom is 0.305 e. The van der Waals surface area contributed by atoms with Crippen LogP contribution < -0.4 is 0 Å². The predicted molar refractivity (Wildman–Crippen MR) is 92.1 cm³/mol. The SMILES string of the molecule is COC(=O)CCCCC(O)c1ccc(-c2ccc(C)cc2)cc1. The van der Waals surface area contributed by atoms with Crippen LogP contribution in [0.1, 0.15) is 42.9 Å². The normalized spacial score (nSPS) is 12.0. The van der Waals surface area contributed by atoms with Gasteiger partial charge in [-0.25, -0.2) is 0 Å². The Bertz CT molecular complexity index is 614. The van der Waals surface area contributed by atoms with Crippen molar-refractivity contribution in [2.24, 2.45) is 0 Å². The molecule has 0 fully saturated rings. The fraction of sp³-hybridized carbons (Fsp3) is 0.350. The smallest absolute Gasteiger partial charge is 0.305 e. The van der Waals surface area contributed by atoms with Gasteiger partial charge in [0.1, 0.15) is 0 Å². The molecule has 122 valence electrons. The van der Waals surface area contributed by atoms with Crippen LogP contribution in [0.3, 0.4) is 0 Å². The lowest BCUT2D eigenvalue weighted by Crippen LogP contribution is -2.01. The molecular weight excluding hydrogens is 288 g/mol. The Hall–Kier alpha value is -2.13. The van der Waals surface area contributed by atoms with Crippen LogP contribution in [0.2, 0.25) is 0 Å². The summed E-state index contributed by atoms with van der Waals surface area (Å²) in [6.07, 6.45) is 2.12. The van der Waals surface area contributed by atoms with E-state index < -0.39 is 6.10 Å². The standard InChI is InChI=1S/C20H24O3/c1-15-7-9-16(10-8-15)17-11-13-18(14-12-17)19(21)5-3-4-6-20(22)23-2/h7-14,19,21H,3-6H2,1-2H3. The van der Waals surface area contributed by atoms with Gasteiger partial charge in [0.2, 0.25) is 0 Å². The zero-order valence-electron chi connectivity index (χ0n) is 13.8. The number of carbonyl (C=O) groups is 1. The summed E-state index contributed by atoms with van der Waals surface area (Å²) in [7, 11) is 1.40. The van der Waals surface area contributed by atoms with Crippen LogP contribution in [0.15, 0.2) is 48.5 Å². The summed E-state index contributed by atoms with van der Waals surface area (Å²) < 4.78 is 4.60. The van der Waals surface area contributed by atoms with Crippen LogP contribution in [-0.2, 0) is 9.53 Å². The van der Waals surface area contributed by atoms with E-state index in [9.17, 15) is 9.90 Å². The molecule has 2 rings (SSSR count). The van der Waals surface area contributed by atoms with Crippen LogP contribution >= 0.6 is 0 Å². The third kappa shape index (κ3) is 5.22. The number of ether oxygens (including phenoxy) is 1. The fourth-order valence-corrected chi connectivity index (χ4v) is 2.52. The molecule has 3 nitrogen and oxygen atoms in total. The fourth-order valence-electron chi connectivity index (χ4n) is 2.52. The zero-order chi connectivity index (χ0) is 16.7. The van der Waals surface area contributed by atoms with E-state index in [0.717, 1.165) is 24.0 Å². The Labute approximate surface area is 137 Å². The molecule has 1 N–H and O–H groups in total. The second kappa shape index (κ2) is 8.49. The van der Waals surface area contributed by atoms with E-state index >= 15 is 0 Å². The second-order valence-electron chi connectivity index (χ2n) is 5.83. The molecule has 2 aromatic rings. The minimum Gasteiger partial charge on any atom is -0.469 e. The summed E-state index contributed by atoms with van der Waals surface area (Å²) in [6, 6.07) is 16.4. The van der Waals surface area contributed by atoms with E-state index in [4.69, 9.17) is 0 Å². The highest BCUT2D eigenvalue weighted by Crippen LogP contribution is 2.24. The van der Waals surface area contributed by atoms with E-state index in [1.54, 1.807) is 0 Å². The van der Waals surface area contributed by atoms with Gasteiger partial charge >= 0.3 is 5.97 Å². The van der Waals surface area contributed by atoms with Crippen molar-refractivity contribution in [2.45, 2.75) is 38.7 Å². The molecule has 1 unspecified atom stereocenters. The lowest BCUT2D eigenvalue weighted by atomic mass is 9.99. The molecule has 0 aliphatic rings. The molecule has 0 radical (unpaired) electrons. The summed E-state index contributed by atoms with van der Waals surface area (Å²) >= 11 is 0. The van der Waals surface area contributed by atoms with Gasteiger partial charge in [0.25, 0.3) is 0 Å². The predicted octanol–water partition coefficient (Wildman–Crippen LogP) is 4.43. The summed E-state index contributed by atoms with van der Waals surface area (Å²) in [6.45, 7) is 2.07. The molecule has 3 heteroatoms. The number of hydrogen-bond acceptors (Lipinski definition) is 3. The van der Waals surface area contributed by atoms with Gasteiger partial charge in [0.15, 0.2) is 0 Å². The zero-order valence-corrected chi connectivity index (χ0v) is 13.8. The van der Waals surface area contributed by atoms with E-state index in [2.05, 4.69) is 35.9 Å². The molecule has 2 aromatic carbocycles. The lowest BCUT2D eigenvalue weighted by molar-refractivity contribution is -0.140. The number of aliphatic hydroxyl groups excluding tert-OH is 1. The van der Waals surface area contributed by atoms with Gasteiger partial charge in [0.05, 0.1) is 13.2 Å². The third-order valence-corrected chi connectivity index (χ3v) is 4.02. The topological polar surface area (TPSA) is 46.5 Å². The van der Waals surface area contributed by atoms with Gasteiger partial charge in [0, 0.05) is 6.42 Å². The van der Waals surface area contributed by atoms with Crippen molar-refractivity contribution in [3.63, 3.8) is 0 Å². The molecule has 0 aromatic heterocycles. The Morgan fingerprint density at radius 2 is 1.57 bits per heavy atom. The largest absolute Gasteiger partial charge is 0.469 e. The van der Waals surface area contributed by atoms with E-state index in [1.807, 2.05) is 24.3 Å². The van der Waals surface area contributed by atoms with Gasteiger partial charge in [-0.1, -0.05) is 54.1 Å². The van der Waals surface area contributed by atoms with Crippen molar-refractivity contribution in [3.8, 4) is 11.1 Å². The number of aryl methyl sites for hydroxylation is 1. The van der Waals surface area contributed by atoms with E-state index in [-0.39, 0.29) is 5.97 Å². The van der Waals surface area contributed by atoms with Gasteiger partial charge < -0.3 is 9.84 Å². The van der Waals surface area contributed by atoms with Crippen molar-refractivity contribution >= 4 is 5.97 Å². The number of carbonyl (C=O) groups excluding carboxylic acids is 1. The highest BCUT2D eigenvalue weighted by molar-refractivity contribution is 5.69. The number of aliphatic hydroxyl groups is 1. The van der Waals surface area contributed by atoms with Crippen molar-refractivity contribution < 1.29 is 14.6 Å². The van der Waals surface area contributed by atoms with Gasteiger partial charge in [-0.05, 0) is 42.9 Å². The number of esters is 1. The first-order valence-electron chi connectivity index (χ1n) is 8.02. The summed E-state index contributed by atoms with van der Waals surface area (Å²) in [5.41, 5.74) is 4.48. The third-order valence-electron chi connectivity index (χ3n) is 4.02. The maximum absolute atomic E-state index is 11.0. The van der Waals surface area contributed by atoms with Gasteiger partial charge in [-0.3, -0.25) is 4.79 Å². The number of rotatable bonds is 7. The first kappa shape index (κ1) is 17.2. The second-order valence-corrected chi connectivity index (χ2v) is 5.83. The van der Waals surface area contributed by atoms with Gasteiger partial charge in [-0.15, -0.1) is 0 Å². The van der Waals surface area contributed by atoms with E-state index in [0.29, 0.717) is 12.8 Å². The highest BCUT2D eigenvalue weighted by atomic mass is 16.5. The lowest BCUT2D eigenvalue weighted by Gasteiger charge is -2.11. The van der Waals surface area contributed by atoms with Crippen molar-refractivity contribution in [1.82, 2.24) is 0 Å². The first-order valence-corrected chi connectivity index (χ1v) is 8.02. The van der Waals surface area contributed by atoms with Crippen LogP contribution in [0.25, 0.3) is 11.1 Å². The number of methoxy groups -OCH3 is 1. The summed E-state index contributed by atoms with van der Waals surface area (Å²) in [5.74, 6) is -0.193. The minimum absolute atomic E-state index is 0.193. The Morgan fingerprint density at radius 1 is 1.00 bits per heavy atom. The number of unbranched alkanes of at least 4 members (excludes halogenated alkanes) is 1. The molecule has 23 heavy (non-hydrogen) atoms. The monoisotopic (exact) mass is 312 g/mol. The molecule has 0 heterocycles. The van der Waals surface area contributed by atoms with Crippen molar-refractivity contribution in [3.05, 3.63) is 59.7 Å². The van der Waals surface area contributed by atoms with Crippen LogP contribution in [0.5, 0.6) is 0 Å². The van der Waals surface area contributed by atoms with Crippen LogP contribution in [-0.4, -0.2) is 18.2 Å². The van der Waals surface area contributed by atoms with Gasteiger partial charge in [-0.2, -0.15) is 0 Å². The Balaban J connectivity index is 1.88. The summed E-state index contributed by atoms with van der Waals surface area (Å²) in [4.78, 5) is 11.0. The van der Waals surface area contributed by atoms with Crippen LogP contribution in [0, 0.1) is 6.92 Å². The van der Waals surface area contributed by atoms with Crippen LogP contribution in [0.4, 0.5) is 0 Å². The molecule has 0 aliphatic carbocycles. The quantitative estimate of drug-likeness (QED) is 0.608. The molecule has 0 aliphatic heterocycles. The Kier molecular flexibility index (Phi) is 6.36. The maximum atomic E-state index is 11.0. The molecule has 0 spiro atoms. The summed E-state index contributed by atoms with van der Waals surface area (Å²) in [5, 5.41) is 10.2. The number of benzene rings is 2.